The summed E-state index contributed by atoms with van der Waals surface area (Å²) in [5, 5.41) is 2.90. The third-order valence-electron chi connectivity index (χ3n) is 2.18. The first-order chi connectivity index (χ1) is 8.58. The molecule has 1 heterocycles. The normalized spacial score (nSPS) is 10.2. The van der Waals surface area contributed by atoms with Crippen LogP contribution in [-0.4, -0.2) is 10.9 Å². The summed E-state index contributed by atoms with van der Waals surface area (Å²) in [6.07, 6.45) is 1.28. The summed E-state index contributed by atoms with van der Waals surface area (Å²) in [7, 11) is 0. The van der Waals surface area contributed by atoms with Gasteiger partial charge in [-0.25, -0.2) is 4.98 Å². The Morgan fingerprint density at radius 1 is 1.39 bits per heavy atom. The van der Waals surface area contributed by atoms with Crippen LogP contribution in [0.5, 0.6) is 0 Å². The van der Waals surface area contributed by atoms with Gasteiger partial charge in [0, 0.05) is 10.7 Å². The second kappa shape index (κ2) is 5.46. The van der Waals surface area contributed by atoms with Crippen molar-refractivity contribution in [1.82, 2.24) is 4.98 Å². The first-order valence-electron chi connectivity index (χ1n) is 4.95. The maximum absolute atomic E-state index is 13.3. The highest BCUT2D eigenvalue weighted by Crippen LogP contribution is 2.26. The summed E-state index contributed by atoms with van der Waals surface area (Å²) in [4.78, 5) is 15.2. The van der Waals surface area contributed by atoms with E-state index in [1.807, 2.05) is 0 Å². The molecule has 0 aliphatic rings. The molecule has 1 N–H and O–H groups in total. The van der Waals surface area contributed by atoms with Crippen molar-refractivity contribution >= 4 is 39.1 Å². The zero-order chi connectivity index (χ0) is 13.1. The summed E-state index contributed by atoms with van der Waals surface area (Å²) in [5.41, 5.74) is 0.271. The van der Waals surface area contributed by atoms with Crippen LogP contribution in [0.15, 0.2) is 41.0 Å². The second-order valence-corrected chi connectivity index (χ2v) is 4.74. The van der Waals surface area contributed by atoms with Crippen molar-refractivity contribution in [3.8, 4) is 0 Å². The molecule has 0 saturated carbocycles. The van der Waals surface area contributed by atoms with Gasteiger partial charge in [0.15, 0.2) is 0 Å². The molecule has 6 heteroatoms. The molecule has 1 aromatic carbocycles. The third kappa shape index (κ3) is 2.86. The van der Waals surface area contributed by atoms with Gasteiger partial charge < -0.3 is 5.32 Å². The van der Waals surface area contributed by atoms with Crippen molar-refractivity contribution in [3.63, 3.8) is 0 Å². The lowest BCUT2D eigenvalue weighted by Crippen LogP contribution is -2.14. The third-order valence-corrected chi connectivity index (χ3v) is 3.00. The molecule has 0 fully saturated rings. The maximum atomic E-state index is 13.3. The number of hydrogen-bond donors (Lipinski definition) is 1. The number of hydrogen-bond acceptors (Lipinski definition) is 2. The van der Waals surface area contributed by atoms with E-state index in [-0.39, 0.29) is 5.56 Å². The molecule has 1 amide bonds. The largest absolute Gasteiger partial charge is 0.320 e. The Kier molecular flexibility index (Phi) is 3.93. The number of pyridine rings is 1. The Morgan fingerprint density at radius 3 is 2.89 bits per heavy atom. The fourth-order valence-electron chi connectivity index (χ4n) is 1.34. The molecule has 18 heavy (non-hydrogen) atoms. The highest BCUT2D eigenvalue weighted by atomic mass is 79.9. The average Bonchev–Trinajstić information content (AvgIpc) is 2.34. The lowest BCUT2D eigenvalue weighted by molar-refractivity contribution is 0.102. The van der Waals surface area contributed by atoms with E-state index >= 15 is 0 Å². The van der Waals surface area contributed by atoms with Crippen LogP contribution in [0, 0.1) is 5.95 Å². The Labute approximate surface area is 116 Å². The maximum Gasteiger partial charge on any atom is 0.260 e. The molecule has 92 valence electrons. The van der Waals surface area contributed by atoms with E-state index in [4.69, 9.17) is 11.6 Å². The minimum Gasteiger partial charge on any atom is -0.320 e. The van der Waals surface area contributed by atoms with Gasteiger partial charge >= 0.3 is 0 Å². The van der Waals surface area contributed by atoms with Gasteiger partial charge in [0.2, 0.25) is 5.95 Å². The van der Waals surface area contributed by atoms with Crippen LogP contribution in [0.4, 0.5) is 10.1 Å². The molecule has 3 nitrogen and oxygen atoms in total. The highest BCUT2D eigenvalue weighted by molar-refractivity contribution is 9.10. The smallest absolute Gasteiger partial charge is 0.260 e. The molecule has 0 saturated heterocycles. The van der Waals surface area contributed by atoms with Gasteiger partial charge in [-0.05, 0) is 30.3 Å². The van der Waals surface area contributed by atoms with Gasteiger partial charge in [0.25, 0.3) is 5.91 Å². The fraction of sp³-hybridized carbons (Fsp3) is 0. The molecule has 2 rings (SSSR count). The van der Waals surface area contributed by atoms with Gasteiger partial charge in [0.05, 0.1) is 16.3 Å². The Bertz CT molecular complexity index is 606. The van der Waals surface area contributed by atoms with Crippen LogP contribution in [-0.2, 0) is 0 Å². The molecule has 0 aliphatic heterocycles. The zero-order valence-corrected chi connectivity index (χ0v) is 11.3. The second-order valence-electron chi connectivity index (χ2n) is 3.42. The van der Waals surface area contributed by atoms with Gasteiger partial charge in [-0.1, -0.05) is 27.5 Å². The van der Waals surface area contributed by atoms with Gasteiger partial charge in [-0.15, -0.1) is 0 Å². The first-order valence-corrected chi connectivity index (χ1v) is 6.12. The number of carbonyl (C=O) groups is 1. The fourth-order valence-corrected chi connectivity index (χ4v) is 1.86. The molecule has 2 aromatic rings. The van der Waals surface area contributed by atoms with Crippen molar-refractivity contribution < 1.29 is 9.18 Å². The van der Waals surface area contributed by atoms with Crippen LogP contribution in [0.1, 0.15) is 10.4 Å². The zero-order valence-electron chi connectivity index (χ0n) is 8.95. The van der Waals surface area contributed by atoms with Gasteiger partial charge in [-0.2, -0.15) is 4.39 Å². The van der Waals surface area contributed by atoms with Crippen LogP contribution in [0.2, 0.25) is 5.02 Å². The predicted octanol–water partition coefficient (Wildman–Crippen LogP) is 3.89. The molecule has 1 aromatic heterocycles. The van der Waals surface area contributed by atoms with E-state index in [0.29, 0.717) is 10.7 Å². The Hall–Kier alpha value is -1.46. The summed E-state index contributed by atoms with van der Waals surface area (Å²) in [5.74, 6) is -1.42. The van der Waals surface area contributed by atoms with E-state index < -0.39 is 11.9 Å². The van der Waals surface area contributed by atoms with Crippen molar-refractivity contribution in [1.29, 1.82) is 0 Å². The summed E-state index contributed by atoms with van der Waals surface area (Å²) in [6, 6.07) is 7.84. The number of nitrogens with zero attached hydrogens (tertiary/aromatic N) is 1. The highest BCUT2D eigenvalue weighted by Gasteiger charge is 2.13. The molecule has 0 bridgehead atoms. The standard InChI is InChI=1S/C12H7BrClFN2O/c13-7-3-4-9(14)10(6-7)17-12(18)8-2-1-5-16-11(8)15/h1-6H,(H,17,18). The first kappa shape index (κ1) is 13.0. The van der Waals surface area contributed by atoms with Crippen molar-refractivity contribution in [3.05, 3.63) is 57.5 Å². The number of carbonyl (C=O) groups excluding carboxylic acids is 1. The van der Waals surface area contributed by atoms with Crippen LogP contribution >= 0.6 is 27.5 Å². The average molecular weight is 330 g/mol. The van der Waals surface area contributed by atoms with Crippen molar-refractivity contribution in [2.45, 2.75) is 0 Å². The SMILES string of the molecule is O=C(Nc1cc(Br)ccc1Cl)c1cccnc1F. The molecule has 0 spiro atoms. The number of nitrogens with one attached hydrogen (secondary N) is 1. The molecule has 0 radical (unpaired) electrons. The van der Waals surface area contributed by atoms with E-state index in [0.717, 1.165) is 4.47 Å². The lowest BCUT2D eigenvalue weighted by atomic mass is 10.2. The quantitative estimate of drug-likeness (QED) is 0.849. The van der Waals surface area contributed by atoms with Gasteiger partial charge in [-0.3, -0.25) is 4.79 Å². The van der Waals surface area contributed by atoms with E-state index in [2.05, 4.69) is 26.2 Å². The minimum absolute atomic E-state index is 0.131. The number of rotatable bonds is 2. The van der Waals surface area contributed by atoms with E-state index in [9.17, 15) is 9.18 Å². The molecular weight excluding hydrogens is 322 g/mol. The lowest BCUT2D eigenvalue weighted by Gasteiger charge is -2.07. The summed E-state index contributed by atoms with van der Waals surface area (Å²) < 4.78 is 14.1. The number of anilines is 1. The van der Waals surface area contributed by atoms with E-state index in [1.165, 1.54) is 18.3 Å². The molecular formula is C12H7BrClFN2O. The summed E-state index contributed by atoms with van der Waals surface area (Å²) in [6.45, 7) is 0. The van der Waals surface area contributed by atoms with Crippen LogP contribution in [0.3, 0.4) is 0 Å². The van der Waals surface area contributed by atoms with Gasteiger partial charge in [0.1, 0.15) is 0 Å². The molecule has 0 atom stereocenters. The van der Waals surface area contributed by atoms with Crippen molar-refractivity contribution in [2.75, 3.05) is 5.32 Å². The van der Waals surface area contributed by atoms with Crippen LogP contribution in [0.25, 0.3) is 0 Å². The Morgan fingerprint density at radius 2 is 2.17 bits per heavy atom. The number of halogens is 3. The van der Waals surface area contributed by atoms with E-state index in [1.54, 1.807) is 18.2 Å². The number of aromatic nitrogens is 1. The number of benzene rings is 1. The predicted molar refractivity (Wildman–Crippen MR) is 71.3 cm³/mol. The number of amides is 1. The minimum atomic E-state index is -0.818. The topological polar surface area (TPSA) is 42.0 Å². The Balaban J connectivity index is 2.27. The molecule has 0 aliphatic carbocycles. The monoisotopic (exact) mass is 328 g/mol. The van der Waals surface area contributed by atoms with Crippen LogP contribution < -0.4 is 5.32 Å². The molecule has 0 unspecified atom stereocenters. The summed E-state index contributed by atoms with van der Waals surface area (Å²) >= 11 is 9.18. The van der Waals surface area contributed by atoms with Crippen molar-refractivity contribution in [2.24, 2.45) is 0 Å².